The summed E-state index contributed by atoms with van der Waals surface area (Å²) in [6, 6.07) is -0.0288. The van der Waals surface area contributed by atoms with E-state index in [0.29, 0.717) is 0 Å². The first-order valence-electron chi connectivity index (χ1n) is 7.13. The molecule has 106 valence electrons. The first-order chi connectivity index (χ1) is 8.98. The molecule has 1 heterocycles. The van der Waals surface area contributed by atoms with Crippen molar-refractivity contribution in [3.8, 4) is 0 Å². The van der Waals surface area contributed by atoms with Crippen LogP contribution in [0.25, 0.3) is 0 Å². The van der Waals surface area contributed by atoms with Gasteiger partial charge in [-0.3, -0.25) is 0 Å². The lowest BCUT2D eigenvalue weighted by molar-refractivity contribution is -0.0599. The lowest BCUT2D eigenvalue weighted by atomic mass is 9.79. The van der Waals surface area contributed by atoms with Gasteiger partial charge in [0, 0.05) is 30.6 Å². The summed E-state index contributed by atoms with van der Waals surface area (Å²) in [5, 5.41) is 0. The first-order valence-corrected chi connectivity index (χ1v) is 7.13. The van der Waals surface area contributed by atoms with E-state index in [1.54, 1.807) is 7.11 Å². The maximum absolute atomic E-state index is 5.92. The van der Waals surface area contributed by atoms with E-state index in [9.17, 15) is 0 Å². The zero-order valence-corrected chi connectivity index (χ0v) is 12.4. The quantitative estimate of drug-likeness (QED) is 0.911. The molecule has 2 rings (SSSR count). The third-order valence-corrected chi connectivity index (χ3v) is 4.39. The Bertz CT molecular complexity index is 437. The molecule has 1 aliphatic carbocycles. The Labute approximate surface area is 115 Å². The van der Waals surface area contributed by atoms with Crippen LogP contribution < -0.4 is 5.73 Å². The number of hydrogen-bond donors (Lipinski definition) is 1. The minimum absolute atomic E-state index is 0.0288. The molecule has 0 unspecified atom stereocenters. The Hall–Kier alpha value is -1.00. The lowest BCUT2D eigenvalue weighted by Crippen LogP contribution is -2.35. The van der Waals surface area contributed by atoms with Gasteiger partial charge in [0.05, 0.1) is 0 Å². The fourth-order valence-electron chi connectivity index (χ4n) is 2.89. The van der Waals surface area contributed by atoms with Crippen molar-refractivity contribution in [3.63, 3.8) is 0 Å². The standard InChI is InChI=1S/C15H25N3O/c1-10-5-7-15(19-4,8-6-10)14-17-9-13(11(2)16)12(3)18-14/h9-11H,5-8,16H2,1-4H3/t10?,11-,15?/m1/s1. The fraction of sp³-hybridized carbons (Fsp3) is 0.733. The molecule has 4 nitrogen and oxygen atoms in total. The van der Waals surface area contributed by atoms with Crippen molar-refractivity contribution in [2.45, 2.75) is 58.1 Å². The molecule has 2 N–H and O–H groups in total. The Morgan fingerprint density at radius 3 is 2.53 bits per heavy atom. The smallest absolute Gasteiger partial charge is 0.160 e. The van der Waals surface area contributed by atoms with Gasteiger partial charge in [-0.15, -0.1) is 0 Å². The predicted octanol–water partition coefficient (Wildman–Crippen LogP) is 2.86. The first kappa shape index (κ1) is 14.4. The van der Waals surface area contributed by atoms with Gasteiger partial charge in [-0.05, 0) is 45.4 Å². The van der Waals surface area contributed by atoms with Crippen molar-refractivity contribution in [1.82, 2.24) is 9.97 Å². The van der Waals surface area contributed by atoms with Crippen LogP contribution in [-0.4, -0.2) is 17.1 Å². The van der Waals surface area contributed by atoms with E-state index in [2.05, 4.69) is 16.9 Å². The summed E-state index contributed by atoms with van der Waals surface area (Å²) in [4.78, 5) is 9.21. The molecular formula is C15H25N3O. The lowest BCUT2D eigenvalue weighted by Gasteiger charge is -2.37. The summed E-state index contributed by atoms with van der Waals surface area (Å²) in [6.45, 7) is 6.25. The van der Waals surface area contributed by atoms with E-state index >= 15 is 0 Å². The zero-order valence-electron chi connectivity index (χ0n) is 12.4. The molecule has 0 aromatic carbocycles. The summed E-state index contributed by atoms with van der Waals surface area (Å²) < 4.78 is 5.81. The van der Waals surface area contributed by atoms with Crippen molar-refractivity contribution in [2.75, 3.05) is 7.11 Å². The van der Waals surface area contributed by atoms with Gasteiger partial charge in [-0.2, -0.15) is 0 Å². The minimum Gasteiger partial charge on any atom is -0.370 e. The van der Waals surface area contributed by atoms with Crippen LogP contribution in [-0.2, 0) is 10.3 Å². The van der Waals surface area contributed by atoms with Crippen LogP contribution >= 0.6 is 0 Å². The average molecular weight is 263 g/mol. The molecule has 0 bridgehead atoms. The number of nitrogens with two attached hydrogens (primary N) is 1. The van der Waals surface area contributed by atoms with Crippen LogP contribution in [0.15, 0.2) is 6.20 Å². The second-order valence-electron chi connectivity index (χ2n) is 5.90. The van der Waals surface area contributed by atoms with E-state index < -0.39 is 0 Å². The molecule has 0 spiro atoms. The number of hydrogen-bond acceptors (Lipinski definition) is 4. The Kier molecular flexibility index (Phi) is 4.21. The van der Waals surface area contributed by atoms with Gasteiger partial charge >= 0.3 is 0 Å². The third kappa shape index (κ3) is 2.79. The Morgan fingerprint density at radius 2 is 2.05 bits per heavy atom. The van der Waals surface area contributed by atoms with Crippen LogP contribution in [0, 0.1) is 12.8 Å². The van der Waals surface area contributed by atoms with E-state index in [-0.39, 0.29) is 11.6 Å². The highest BCUT2D eigenvalue weighted by molar-refractivity contribution is 5.21. The number of ether oxygens (including phenoxy) is 1. The van der Waals surface area contributed by atoms with Crippen LogP contribution in [0.2, 0.25) is 0 Å². The van der Waals surface area contributed by atoms with E-state index in [1.807, 2.05) is 20.0 Å². The molecule has 0 amide bonds. The van der Waals surface area contributed by atoms with Gasteiger partial charge in [-0.1, -0.05) is 6.92 Å². The van der Waals surface area contributed by atoms with Gasteiger partial charge in [0.1, 0.15) is 5.60 Å². The molecule has 1 aromatic heterocycles. The SMILES string of the molecule is COC1(c2ncc([C@@H](C)N)c(C)n2)CCC(C)CC1. The molecule has 1 aliphatic rings. The number of methoxy groups -OCH3 is 1. The number of rotatable bonds is 3. The summed E-state index contributed by atoms with van der Waals surface area (Å²) in [7, 11) is 1.77. The monoisotopic (exact) mass is 263 g/mol. The molecule has 1 aromatic rings. The predicted molar refractivity (Wildman–Crippen MR) is 75.7 cm³/mol. The minimum atomic E-state index is -0.298. The van der Waals surface area contributed by atoms with Crippen LogP contribution in [0.4, 0.5) is 0 Å². The van der Waals surface area contributed by atoms with Gasteiger partial charge in [0.2, 0.25) is 0 Å². The number of nitrogens with zero attached hydrogens (tertiary/aromatic N) is 2. The molecule has 4 heteroatoms. The molecular weight excluding hydrogens is 238 g/mol. The summed E-state index contributed by atoms with van der Waals surface area (Å²) in [6.07, 6.45) is 6.21. The van der Waals surface area contributed by atoms with Crippen molar-refractivity contribution in [2.24, 2.45) is 11.7 Å². The molecule has 0 saturated heterocycles. The Balaban J connectivity index is 2.31. The van der Waals surface area contributed by atoms with Crippen LogP contribution in [0.1, 0.15) is 62.7 Å². The number of aromatic nitrogens is 2. The molecule has 1 atom stereocenters. The second kappa shape index (κ2) is 5.55. The molecule has 0 aliphatic heterocycles. The summed E-state index contributed by atoms with van der Waals surface area (Å²) in [5.74, 6) is 1.59. The Morgan fingerprint density at radius 1 is 1.42 bits per heavy atom. The highest BCUT2D eigenvalue weighted by Gasteiger charge is 2.38. The zero-order chi connectivity index (χ0) is 14.0. The van der Waals surface area contributed by atoms with Crippen LogP contribution in [0.3, 0.4) is 0 Å². The third-order valence-electron chi connectivity index (χ3n) is 4.39. The molecule has 1 saturated carbocycles. The van der Waals surface area contributed by atoms with Crippen molar-refractivity contribution in [3.05, 3.63) is 23.3 Å². The summed E-state index contributed by atoms with van der Waals surface area (Å²) >= 11 is 0. The van der Waals surface area contributed by atoms with Crippen molar-refractivity contribution in [1.29, 1.82) is 0 Å². The maximum atomic E-state index is 5.92. The topological polar surface area (TPSA) is 61.0 Å². The average Bonchev–Trinajstić information content (AvgIpc) is 2.39. The van der Waals surface area contributed by atoms with Crippen molar-refractivity contribution >= 4 is 0 Å². The summed E-state index contributed by atoms with van der Waals surface area (Å²) in [5.41, 5.74) is 7.60. The number of aryl methyl sites for hydroxylation is 1. The molecule has 0 radical (unpaired) electrons. The van der Waals surface area contributed by atoms with Gasteiger partial charge < -0.3 is 10.5 Å². The van der Waals surface area contributed by atoms with Gasteiger partial charge in [0.15, 0.2) is 5.82 Å². The molecule has 19 heavy (non-hydrogen) atoms. The molecule has 1 fully saturated rings. The second-order valence-corrected chi connectivity index (χ2v) is 5.90. The highest BCUT2D eigenvalue weighted by atomic mass is 16.5. The van der Waals surface area contributed by atoms with Crippen molar-refractivity contribution < 1.29 is 4.74 Å². The van der Waals surface area contributed by atoms with E-state index in [0.717, 1.165) is 35.8 Å². The van der Waals surface area contributed by atoms with Gasteiger partial charge in [0.25, 0.3) is 0 Å². The van der Waals surface area contributed by atoms with E-state index in [4.69, 9.17) is 10.5 Å². The van der Waals surface area contributed by atoms with E-state index in [1.165, 1.54) is 12.8 Å². The van der Waals surface area contributed by atoms with Gasteiger partial charge in [-0.25, -0.2) is 9.97 Å². The fourth-order valence-corrected chi connectivity index (χ4v) is 2.89. The normalized spacial score (nSPS) is 29.2. The highest BCUT2D eigenvalue weighted by Crippen LogP contribution is 2.40. The van der Waals surface area contributed by atoms with Crippen LogP contribution in [0.5, 0.6) is 0 Å². The largest absolute Gasteiger partial charge is 0.370 e. The maximum Gasteiger partial charge on any atom is 0.160 e.